The quantitative estimate of drug-likeness (QED) is 0.453. The molecular formula is C9H11LiO3. The molecule has 1 aromatic rings. The largest absolute Gasteiger partial charge is 1.00 e. The third-order valence-electron chi connectivity index (χ3n) is 1.11. The van der Waals surface area contributed by atoms with Crippen molar-refractivity contribution >= 4 is 5.97 Å². The summed E-state index contributed by atoms with van der Waals surface area (Å²) in [6.45, 7) is -0.288. The van der Waals surface area contributed by atoms with E-state index in [9.17, 15) is 4.79 Å². The molecule has 0 saturated carbocycles. The Morgan fingerprint density at radius 1 is 1.31 bits per heavy atom. The molecule has 0 radical (unpaired) electrons. The fraction of sp³-hybridized carbons (Fsp3) is 0.111. The van der Waals surface area contributed by atoms with Crippen molar-refractivity contribution in [2.75, 3.05) is 6.61 Å². The second-order valence-corrected chi connectivity index (χ2v) is 2.00. The normalized spacial score (nSPS) is 7.69. The summed E-state index contributed by atoms with van der Waals surface area (Å²) in [6, 6.07) is 8.84. The first-order valence-corrected chi connectivity index (χ1v) is 3.18. The molecule has 66 valence electrons. The molecule has 0 fully saturated rings. The monoisotopic (exact) mass is 174 g/mol. The van der Waals surface area contributed by atoms with Crippen molar-refractivity contribution in [2.24, 2.45) is 0 Å². The van der Waals surface area contributed by atoms with Gasteiger partial charge in [0.1, 0.15) is 5.75 Å². The first-order valence-electron chi connectivity index (χ1n) is 3.18. The zero-order chi connectivity index (χ0) is 8.10. The van der Waals surface area contributed by atoms with E-state index in [0.29, 0.717) is 5.75 Å². The Labute approximate surface area is 89.9 Å². The van der Waals surface area contributed by atoms with Gasteiger partial charge in [-0.25, -0.2) is 4.79 Å². The predicted molar refractivity (Wildman–Crippen MR) is 46.0 cm³/mol. The molecule has 0 unspecified atom stereocenters. The molecule has 0 saturated heterocycles. The molecule has 0 amide bonds. The van der Waals surface area contributed by atoms with Crippen LogP contribution in [0.3, 0.4) is 0 Å². The Balaban J connectivity index is 0. The van der Waals surface area contributed by atoms with Crippen LogP contribution in [-0.2, 0) is 4.79 Å². The molecule has 0 atom stereocenters. The Bertz CT molecular complexity index is 236. The van der Waals surface area contributed by atoms with E-state index in [2.05, 4.69) is 0 Å². The van der Waals surface area contributed by atoms with Crippen LogP contribution in [0.5, 0.6) is 5.75 Å². The van der Waals surface area contributed by atoms with Gasteiger partial charge in [0, 0.05) is 0 Å². The average molecular weight is 174 g/mol. The zero-order valence-corrected chi connectivity index (χ0v) is 7.86. The van der Waals surface area contributed by atoms with Gasteiger partial charge in [-0.2, -0.15) is 0 Å². The first kappa shape index (κ1) is 14.6. The molecule has 0 aromatic heterocycles. The van der Waals surface area contributed by atoms with Gasteiger partial charge in [-0.05, 0) is 12.1 Å². The van der Waals surface area contributed by atoms with E-state index < -0.39 is 5.97 Å². The third-order valence-corrected chi connectivity index (χ3v) is 1.11. The number of ether oxygens (including phenoxy) is 1. The van der Waals surface area contributed by atoms with Crippen LogP contribution >= 0.6 is 0 Å². The van der Waals surface area contributed by atoms with Crippen molar-refractivity contribution in [3.63, 3.8) is 0 Å². The maximum Gasteiger partial charge on any atom is 1.00 e. The van der Waals surface area contributed by atoms with Crippen LogP contribution in [0.2, 0.25) is 0 Å². The maximum atomic E-state index is 10.0. The number of para-hydroxylation sites is 1. The SMILES string of the molecule is O=C(O)COc1ccccc1.[CH3-].[Li+]. The van der Waals surface area contributed by atoms with Gasteiger partial charge in [-0.1, -0.05) is 18.2 Å². The fourth-order valence-electron chi connectivity index (χ4n) is 0.662. The molecule has 0 aliphatic rings. The van der Waals surface area contributed by atoms with E-state index in [1.807, 2.05) is 6.07 Å². The first-order chi connectivity index (χ1) is 5.29. The molecule has 0 heterocycles. The summed E-state index contributed by atoms with van der Waals surface area (Å²) in [4.78, 5) is 10.0. The Morgan fingerprint density at radius 3 is 2.31 bits per heavy atom. The number of carboxylic acid groups (broad SMARTS) is 1. The molecule has 0 aliphatic carbocycles. The number of benzene rings is 1. The minimum absolute atomic E-state index is 0. The van der Waals surface area contributed by atoms with Crippen molar-refractivity contribution < 1.29 is 33.5 Å². The summed E-state index contributed by atoms with van der Waals surface area (Å²) >= 11 is 0. The number of hydrogen-bond acceptors (Lipinski definition) is 2. The molecule has 0 bridgehead atoms. The van der Waals surface area contributed by atoms with Crippen LogP contribution in [0, 0.1) is 7.43 Å². The van der Waals surface area contributed by atoms with Crippen LogP contribution in [0.1, 0.15) is 0 Å². The van der Waals surface area contributed by atoms with Gasteiger partial charge in [0.2, 0.25) is 0 Å². The standard InChI is InChI=1S/C8H8O3.CH3.Li/c9-8(10)6-11-7-4-2-1-3-5-7;;/h1-5H,6H2,(H,9,10);1H3;/q;-1;+1. The van der Waals surface area contributed by atoms with Crippen molar-refractivity contribution in [1.82, 2.24) is 0 Å². The summed E-state index contributed by atoms with van der Waals surface area (Å²) in [5, 5.41) is 8.25. The Kier molecular flexibility index (Phi) is 8.67. The van der Waals surface area contributed by atoms with Crippen molar-refractivity contribution in [1.29, 1.82) is 0 Å². The van der Waals surface area contributed by atoms with Gasteiger partial charge in [0.25, 0.3) is 0 Å². The smallest absolute Gasteiger partial charge is 0.482 e. The van der Waals surface area contributed by atoms with Gasteiger partial charge in [0.05, 0.1) is 0 Å². The summed E-state index contributed by atoms with van der Waals surface area (Å²) in [5.74, 6) is -0.385. The minimum Gasteiger partial charge on any atom is -0.482 e. The maximum absolute atomic E-state index is 10.0. The zero-order valence-electron chi connectivity index (χ0n) is 7.86. The second kappa shape index (κ2) is 7.72. The van der Waals surface area contributed by atoms with Crippen LogP contribution in [-0.4, -0.2) is 17.7 Å². The van der Waals surface area contributed by atoms with E-state index >= 15 is 0 Å². The average Bonchev–Trinajstić information content (AvgIpc) is 2.03. The van der Waals surface area contributed by atoms with E-state index in [0.717, 1.165) is 0 Å². The van der Waals surface area contributed by atoms with Crippen molar-refractivity contribution in [2.45, 2.75) is 0 Å². The van der Waals surface area contributed by atoms with Gasteiger partial charge in [-0.3, -0.25) is 0 Å². The molecule has 0 aliphatic heterocycles. The molecule has 4 heteroatoms. The van der Waals surface area contributed by atoms with Gasteiger partial charge >= 0.3 is 24.8 Å². The number of hydrogen-bond donors (Lipinski definition) is 1. The van der Waals surface area contributed by atoms with Gasteiger partial charge in [0.15, 0.2) is 6.61 Å². The van der Waals surface area contributed by atoms with Crippen LogP contribution in [0.4, 0.5) is 0 Å². The van der Waals surface area contributed by atoms with Crippen LogP contribution < -0.4 is 23.6 Å². The van der Waals surface area contributed by atoms with Gasteiger partial charge in [-0.15, -0.1) is 0 Å². The molecule has 1 aromatic carbocycles. The number of rotatable bonds is 3. The fourth-order valence-corrected chi connectivity index (χ4v) is 0.662. The summed E-state index contributed by atoms with van der Waals surface area (Å²) in [6.07, 6.45) is 0. The molecule has 13 heavy (non-hydrogen) atoms. The number of carbonyl (C=O) groups is 1. The molecule has 3 nitrogen and oxygen atoms in total. The van der Waals surface area contributed by atoms with Crippen LogP contribution in [0.15, 0.2) is 30.3 Å². The molecule has 0 spiro atoms. The third kappa shape index (κ3) is 6.27. The Morgan fingerprint density at radius 2 is 1.85 bits per heavy atom. The summed E-state index contributed by atoms with van der Waals surface area (Å²) in [5.41, 5.74) is 0. The molecule has 1 rings (SSSR count). The second-order valence-electron chi connectivity index (χ2n) is 2.00. The van der Waals surface area contributed by atoms with E-state index in [1.165, 1.54) is 0 Å². The molecule has 1 N–H and O–H groups in total. The molecular weight excluding hydrogens is 163 g/mol. The Hall–Kier alpha value is -0.913. The predicted octanol–water partition coefficient (Wildman–Crippen LogP) is -1.40. The van der Waals surface area contributed by atoms with E-state index in [-0.39, 0.29) is 32.9 Å². The topological polar surface area (TPSA) is 46.5 Å². The van der Waals surface area contributed by atoms with Crippen molar-refractivity contribution in [3.8, 4) is 5.75 Å². The minimum atomic E-state index is -0.964. The number of carboxylic acids is 1. The van der Waals surface area contributed by atoms with Gasteiger partial charge < -0.3 is 17.3 Å². The van der Waals surface area contributed by atoms with Crippen LogP contribution in [0.25, 0.3) is 0 Å². The summed E-state index contributed by atoms with van der Waals surface area (Å²) < 4.78 is 4.87. The summed E-state index contributed by atoms with van der Waals surface area (Å²) in [7, 11) is 0. The van der Waals surface area contributed by atoms with E-state index in [1.54, 1.807) is 24.3 Å². The van der Waals surface area contributed by atoms with Crippen molar-refractivity contribution in [3.05, 3.63) is 37.8 Å². The number of aliphatic carboxylic acids is 1. The van der Waals surface area contributed by atoms with E-state index in [4.69, 9.17) is 9.84 Å².